The molecule has 1 aromatic heterocycles. The van der Waals surface area contributed by atoms with Gasteiger partial charge in [-0.05, 0) is 29.7 Å². The highest BCUT2D eigenvalue weighted by Crippen LogP contribution is 2.23. The third-order valence-electron chi connectivity index (χ3n) is 4.17. The molecule has 2 aromatic rings. The average molecular weight is 376 g/mol. The minimum absolute atomic E-state index is 0.179. The summed E-state index contributed by atoms with van der Waals surface area (Å²) in [6.07, 6.45) is 5.03. The maximum Gasteiger partial charge on any atom is 0.274 e. The second-order valence-corrected chi connectivity index (χ2v) is 7.66. The van der Waals surface area contributed by atoms with E-state index in [4.69, 9.17) is 4.74 Å². The highest BCUT2D eigenvalue weighted by molar-refractivity contribution is 7.89. The van der Waals surface area contributed by atoms with Crippen LogP contribution in [0.1, 0.15) is 21.6 Å². The van der Waals surface area contributed by atoms with Gasteiger partial charge in [0.25, 0.3) is 5.91 Å². The zero-order valence-electron chi connectivity index (χ0n) is 14.4. The van der Waals surface area contributed by atoms with Crippen molar-refractivity contribution in [2.75, 3.05) is 26.8 Å². The molecule has 3 rings (SSSR count). The lowest BCUT2D eigenvalue weighted by Gasteiger charge is -2.28. The number of fused-ring (bicyclic) bond motifs is 1. The zero-order valence-corrected chi connectivity index (χ0v) is 15.2. The number of benzene rings is 1. The summed E-state index contributed by atoms with van der Waals surface area (Å²) in [6.45, 7) is 1.45. The van der Waals surface area contributed by atoms with Crippen LogP contribution >= 0.6 is 0 Å². The third kappa shape index (κ3) is 4.06. The van der Waals surface area contributed by atoms with Crippen molar-refractivity contribution < 1.29 is 17.9 Å². The second kappa shape index (κ2) is 7.90. The molecule has 0 atom stereocenters. The van der Waals surface area contributed by atoms with Gasteiger partial charge in [0.05, 0.1) is 17.7 Å². The minimum Gasteiger partial charge on any atom is -0.383 e. The Hall–Kier alpha value is -2.36. The number of carbonyl (C=O) groups excluding carboxylic acids is 1. The molecule has 0 radical (unpaired) electrons. The number of amides is 1. The molecule has 0 saturated carbocycles. The molecule has 138 valence electrons. The summed E-state index contributed by atoms with van der Waals surface area (Å²) in [5, 5.41) is 0. The topological polar surface area (TPSA) is 101 Å². The smallest absolute Gasteiger partial charge is 0.274 e. The van der Waals surface area contributed by atoms with Crippen molar-refractivity contribution in [2.45, 2.75) is 17.9 Å². The molecule has 8 nitrogen and oxygen atoms in total. The van der Waals surface area contributed by atoms with Gasteiger partial charge < -0.3 is 9.64 Å². The van der Waals surface area contributed by atoms with Crippen LogP contribution in [0.5, 0.6) is 0 Å². The quantitative estimate of drug-likeness (QED) is 0.741. The Balaban J connectivity index is 1.74. The van der Waals surface area contributed by atoms with Gasteiger partial charge in [0.2, 0.25) is 10.0 Å². The van der Waals surface area contributed by atoms with Crippen LogP contribution in [0.25, 0.3) is 0 Å². The van der Waals surface area contributed by atoms with Gasteiger partial charge in [0, 0.05) is 39.1 Å². The van der Waals surface area contributed by atoms with Crippen LogP contribution in [-0.4, -0.2) is 56.0 Å². The van der Waals surface area contributed by atoms with E-state index in [0.29, 0.717) is 31.8 Å². The van der Waals surface area contributed by atoms with Gasteiger partial charge >= 0.3 is 0 Å². The molecule has 0 aliphatic carbocycles. The molecule has 1 aliphatic rings. The van der Waals surface area contributed by atoms with Crippen LogP contribution < -0.4 is 4.72 Å². The van der Waals surface area contributed by atoms with Crippen molar-refractivity contribution in [1.29, 1.82) is 0 Å². The van der Waals surface area contributed by atoms with E-state index in [1.807, 2.05) is 0 Å². The van der Waals surface area contributed by atoms with E-state index in [0.717, 1.165) is 11.1 Å². The molecule has 1 aromatic carbocycles. The van der Waals surface area contributed by atoms with E-state index in [1.165, 1.54) is 25.7 Å². The summed E-state index contributed by atoms with van der Waals surface area (Å²) in [6, 6.07) is 5.00. The number of sulfonamides is 1. The first-order chi connectivity index (χ1) is 12.5. The Morgan fingerprint density at radius 3 is 2.88 bits per heavy atom. The van der Waals surface area contributed by atoms with Gasteiger partial charge in [-0.25, -0.2) is 18.1 Å². The Morgan fingerprint density at radius 1 is 1.31 bits per heavy atom. The molecule has 1 aliphatic heterocycles. The predicted octanol–water partition coefficient (Wildman–Crippen LogP) is 0.600. The molecule has 0 bridgehead atoms. The maximum atomic E-state index is 12.5. The number of rotatable bonds is 6. The highest BCUT2D eigenvalue weighted by Gasteiger charge is 2.24. The average Bonchev–Trinajstić information content (AvgIpc) is 2.67. The van der Waals surface area contributed by atoms with Crippen molar-refractivity contribution >= 4 is 15.9 Å². The number of nitrogens with zero attached hydrogens (tertiary/aromatic N) is 3. The normalized spacial score (nSPS) is 14.1. The number of carbonyl (C=O) groups is 1. The molecule has 0 unspecified atom stereocenters. The fourth-order valence-electron chi connectivity index (χ4n) is 2.80. The van der Waals surface area contributed by atoms with Crippen LogP contribution in [0.4, 0.5) is 0 Å². The first-order valence-electron chi connectivity index (χ1n) is 8.17. The van der Waals surface area contributed by atoms with Crippen molar-refractivity contribution in [2.24, 2.45) is 0 Å². The summed E-state index contributed by atoms with van der Waals surface area (Å²) < 4.78 is 32.0. The highest BCUT2D eigenvalue weighted by atomic mass is 32.2. The van der Waals surface area contributed by atoms with Gasteiger partial charge in [0.15, 0.2) is 0 Å². The number of methoxy groups -OCH3 is 1. The fraction of sp³-hybridized carbons (Fsp3) is 0.353. The Kier molecular flexibility index (Phi) is 5.60. The lowest BCUT2D eigenvalue weighted by Crippen LogP contribution is -2.36. The van der Waals surface area contributed by atoms with E-state index >= 15 is 0 Å². The summed E-state index contributed by atoms with van der Waals surface area (Å²) in [5.41, 5.74) is 2.17. The van der Waals surface area contributed by atoms with Gasteiger partial charge in [-0.15, -0.1) is 0 Å². The standard InChI is InChI=1S/C17H20N4O4S/c1-25-9-7-20-26(23,24)15-3-2-14-12-21(8-4-13(14)10-15)17(22)16-11-18-5-6-19-16/h2-3,5-6,10-11,20H,4,7-9,12H2,1H3. The fourth-order valence-corrected chi connectivity index (χ4v) is 3.87. The van der Waals surface area contributed by atoms with Gasteiger partial charge in [-0.1, -0.05) is 6.07 Å². The third-order valence-corrected chi connectivity index (χ3v) is 5.63. The van der Waals surface area contributed by atoms with Crippen LogP contribution in [0.3, 0.4) is 0 Å². The van der Waals surface area contributed by atoms with Gasteiger partial charge in [-0.2, -0.15) is 0 Å². The molecular weight excluding hydrogens is 356 g/mol. The van der Waals surface area contributed by atoms with Gasteiger partial charge in [0.1, 0.15) is 5.69 Å². The second-order valence-electron chi connectivity index (χ2n) is 5.89. The molecule has 0 fully saturated rings. The van der Waals surface area contributed by atoms with Crippen molar-refractivity contribution in [3.8, 4) is 0 Å². The van der Waals surface area contributed by atoms with Crippen LogP contribution in [0.15, 0.2) is 41.7 Å². The summed E-state index contributed by atoms with van der Waals surface area (Å²) in [5.74, 6) is -0.179. The Morgan fingerprint density at radius 2 is 2.15 bits per heavy atom. The Labute approximate surface area is 152 Å². The number of aromatic nitrogens is 2. The predicted molar refractivity (Wildman–Crippen MR) is 94.0 cm³/mol. The van der Waals surface area contributed by atoms with Crippen LogP contribution in [-0.2, 0) is 27.7 Å². The minimum atomic E-state index is -3.57. The first kappa shape index (κ1) is 18.4. The SMILES string of the molecule is COCCNS(=O)(=O)c1ccc2c(c1)CCN(C(=O)c1cnccn1)C2. The van der Waals surface area contributed by atoms with E-state index < -0.39 is 10.0 Å². The maximum absolute atomic E-state index is 12.5. The number of hydrogen-bond donors (Lipinski definition) is 1. The van der Waals surface area contributed by atoms with E-state index in [2.05, 4.69) is 14.7 Å². The van der Waals surface area contributed by atoms with Crippen LogP contribution in [0, 0.1) is 0 Å². The molecule has 2 heterocycles. The lowest BCUT2D eigenvalue weighted by molar-refractivity contribution is 0.0728. The summed E-state index contributed by atoms with van der Waals surface area (Å²) in [7, 11) is -2.05. The first-order valence-corrected chi connectivity index (χ1v) is 9.65. The monoisotopic (exact) mass is 376 g/mol. The summed E-state index contributed by atoms with van der Waals surface area (Å²) in [4.78, 5) is 22.4. The molecule has 1 N–H and O–H groups in total. The molecule has 0 saturated heterocycles. The molecule has 9 heteroatoms. The molecular formula is C17H20N4O4S. The number of ether oxygens (including phenoxy) is 1. The largest absolute Gasteiger partial charge is 0.383 e. The van der Waals surface area contributed by atoms with Crippen molar-refractivity contribution in [1.82, 2.24) is 19.6 Å². The Bertz CT molecular complexity index is 887. The molecule has 26 heavy (non-hydrogen) atoms. The van der Waals surface area contributed by atoms with E-state index in [-0.39, 0.29) is 17.3 Å². The molecule has 1 amide bonds. The van der Waals surface area contributed by atoms with Crippen molar-refractivity contribution in [3.63, 3.8) is 0 Å². The lowest BCUT2D eigenvalue weighted by atomic mass is 9.99. The number of hydrogen-bond acceptors (Lipinski definition) is 6. The van der Waals surface area contributed by atoms with Crippen LogP contribution in [0.2, 0.25) is 0 Å². The van der Waals surface area contributed by atoms with Gasteiger partial charge in [-0.3, -0.25) is 9.78 Å². The summed E-state index contributed by atoms with van der Waals surface area (Å²) >= 11 is 0. The van der Waals surface area contributed by atoms with Crippen molar-refractivity contribution in [3.05, 3.63) is 53.6 Å². The van der Waals surface area contributed by atoms with E-state index in [1.54, 1.807) is 23.1 Å². The number of nitrogens with one attached hydrogen (secondary N) is 1. The molecule has 0 spiro atoms. The zero-order chi connectivity index (χ0) is 18.6. The van der Waals surface area contributed by atoms with E-state index in [9.17, 15) is 13.2 Å².